The van der Waals surface area contributed by atoms with E-state index in [1.807, 2.05) is 0 Å². The highest BCUT2D eigenvalue weighted by Crippen LogP contribution is 2.30. The summed E-state index contributed by atoms with van der Waals surface area (Å²) in [6.07, 6.45) is 5.02. The van der Waals surface area contributed by atoms with Gasteiger partial charge in [0.2, 0.25) is 11.7 Å². The lowest BCUT2D eigenvalue weighted by atomic mass is 9.95. The van der Waals surface area contributed by atoms with Gasteiger partial charge >= 0.3 is 0 Å². The third-order valence-corrected chi connectivity index (χ3v) is 3.70. The number of phenolic OH excluding ortho intramolecular Hbond substituents is 1. The zero-order valence-electron chi connectivity index (χ0n) is 10.7. The van der Waals surface area contributed by atoms with Crippen LogP contribution in [0.1, 0.15) is 31.6 Å². The molecule has 3 N–H and O–H groups in total. The fraction of sp³-hybridized carbons (Fsp3) is 0.429. The average molecular weight is 259 g/mol. The van der Waals surface area contributed by atoms with Crippen molar-refractivity contribution in [2.45, 2.75) is 37.6 Å². The Kier molecular flexibility index (Phi) is 2.98. The van der Waals surface area contributed by atoms with Gasteiger partial charge in [-0.15, -0.1) is 0 Å². The molecule has 0 saturated heterocycles. The second-order valence-electron chi connectivity index (χ2n) is 5.30. The molecule has 0 amide bonds. The van der Waals surface area contributed by atoms with Crippen molar-refractivity contribution in [1.29, 1.82) is 0 Å². The van der Waals surface area contributed by atoms with Crippen molar-refractivity contribution in [3.05, 3.63) is 30.2 Å². The second-order valence-corrected chi connectivity index (χ2v) is 5.30. The predicted molar refractivity (Wildman–Crippen MR) is 70.5 cm³/mol. The Hall–Kier alpha value is -1.88. The van der Waals surface area contributed by atoms with Gasteiger partial charge in [0.05, 0.1) is 0 Å². The van der Waals surface area contributed by atoms with Crippen molar-refractivity contribution in [3.8, 4) is 17.1 Å². The molecule has 1 aromatic heterocycles. The largest absolute Gasteiger partial charge is 0.508 e. The molecule has 0 radical (unpaired) electrons. The molecule has 0 aliphatic heterocycles. The van der Waals surface area contributed by atoms with Gasteiger partial charge in [-0.1, -0.05) is 18.0 Å². The topological polar surface area (TPSA) is 85.2 Å². The molecule has 100 valence electrons. The fourth-order valence-corrected chi connectivity index (χ4v) is 2.61. The van der Waals surface area contributed by atoms with Gasteiger partial charge in [-0.05, 0) is 37.1 Å². The minimum Gasteiger partial charge on any atom is -0.508 e. The number of aromatic hydroxyl groups is 1. The first-order valence-electron chi connectivity index (χ1n) is 6.56. The van der Waals surface area contributed by atoms with Gasteiger partial charge in [-0.2, -0.15) is 4.98 Å². The van der Waals surface area contributed by atoms with Crippen LogP contribution in [0.4, 0.5) is 0 Å². The number of hydrogen-bond acceptors (Lipinski definition) is 5. The summed E-state index contributed by atoms with van der Waals surface area (Å²) >= 11 is 0. The quantitative estimate of drug-likeness (QED) is 0.883. The SMILES string of the molecule is NC1(Cc2nc(-c3ccc(O)cc3)no2)CCCC1. The third kappa shape index (κ3) is 2.61. The molecule has 0 atom stereocenters. The Morgan fingerprint density at radius 2 is 1.89 bits per heavy atom. The Morgan fingerprint density at radius 1 is 1.21 bits per heavy atom. The zero-order valence-corrected chi connectivity index (χ0v) is 10.7. The van der Waals surface area contributed by atoms with Gasteiger partial charge in [-0.3, -0.25) is 0 Å². The van der Waals surface area contributed by atoms with Crippen molar-refractivity contribution >= 4 is 0 Å². The number of nitrogens with zero attached hydrogens (tertiary/aromatic N) is 2. The smallest absolute Gasteiger partial charge is 0.228 e. The molecular formula is C14H17N3O2. The van der Waals surface area contributed by atoms with E-state index in [1.54, 1.807) is 24.3 Å². The maximum absolute atomic E-state index is 9.25. The average Bonchev–Trinajstić information content (AvgIpc) is 3.00. The summed E-state index contributed by atoms with van der Waals surface area (Å²) in [4.78, 5) is 4.38. The number of hydrogen-bond donors (Lipinski definition) is 2. The lowest BCUT2D eigenvalue weighted by Gasteiger charge is -2.20. The monoisotopic (exact) mass is 259 g/mol. The summed E-state index contributed by atoms with van der Waals surface area (Å²) in [5, 5.41) is 13.2. The van der Waals surface area contributed by atoms with E-state index in [0.29, 0.717) is 18.1 Å². The first-order valence-corrected chi connectivity index (χ1v) is 6.56. The maximum Gasteiger partial charge on any atom is 0.228 e. The van der Waals surface area contributed by atoms with Crippen molar-refractivity contribution in [2.75, 3.05) is 0 Å². The minimum atomic E-state index is -0.182. The zero-order chi connectivity index (χ0) is 13.3. The number of nitrogens with two attached hydrogens (primary N) is 1. The van der Waals surface area contributed by atoms with Crippen LogP contribution in [-0.2, 0) is 6.42 Å². The summed E-state index contributed by atoms with van der Waals surface area (Å²) < 4.78 is 5.27. The first kappa shape index (κ1) is 12.2. The van der Waals surface area contributed by atoms with E-state index in [9.17, 15) is 5.11 Å². The molecule has 0 bridgehead atoms. The van der Waals surface area contributed by atoms with Crippen LogP contribution in [-0.4, -0.2) is 20.8 Å². The van der Waals surface area contributed by atoms with Crippen LogP contribution in [0.5, 0.6) is 5.75 Å². The number of benzene rings is 1. The van der Waals surface area contributed by atoms with E-state index in [2.05, 4.69) is 10.1 Å². The lowest BCUT2D eigenvalue weighted by Crippen LogP contribution is -2.38. The van der Waals surface area contributed by atoms with Crippen molar-refractivity contribution in [2.24, 2.45) is 5.73 Å². The fourth-order valence-electron chi connectivity index (χ4n) is 2.61. The van der Waals surface area contributed by atoms with Crippen molar-refractivity contribution < 1.29 is 9.63 Å². The predicted octanol–water partition coefficient (Wildman–Crippen LogP) is 2.26. The maximum atomic E-state index is 9.25. The molecular weight excluding hydrogens is 242 g/mol. The van der Waals surface area contributed by atoms with E-state index < -0.39 is 0 Å². The molecule has 1 aliphatic carbocycles. The minimum absolute atomic E-state index is 0.182. The Balaban J connectivity index is 1.77. The molecule has 0 unspecified atom stereocenters. The van der Waals surface area contributed by atoms with Crippen LogP contribution in [0.2, 0.25) is 0 Å². The highest BCUT2D eigenvalue weighted by atomic mass is 16.5. The molecule has 5 heteroatoms. The van der Waals surface area contributed by atoms with Crippen molar-refractivity contribution in [3.63, 3.8) is 0 Å². The molecule has 1 aliphatic rings. The molecule has 1 heterocycles. The molecule has 19 heavy (non-hydrogen) atoms. The highest BCUT2D eigenvalue weighted by Gasteiger charge is 2.31. The third-order valence-electron chi connectivity index (χ3n) is 3.70. The van der Waals surface area contributed by atoms with Crippen LogP contribution in [0.25, 0.3) is 11.4 Å². The lowest BCUT2D eigenvalue weighted by molar-refractivity contribution is 0.329. The van der Waals surface area contributed by atoms with E-state index in [0.717, 1.165) is 18.4 Å². The molecule has 1 aromatic carbocycles. The van der Waals surface area contributed by atoms with E-state index in [4.69, 9.17) is 10.3 Å². The Morgan fingerprint density at radius 3 is 2.58 bits per heavy atom. The van der Waals surface area contributed by atoms with Gasteiger partial charge in [-0.25, -0.2) is 0 Å². The van der Waals surface area contributed by atoms with Crippen LogP contribution >= 0.6 is 0 Å². The van der Waals surface area contributed by atoms with Gasteiger partial charge in [0.25, 0.3) is 0 Å². The van der Waals surface area contributed by atoms with Crippen LogP contribution in [0.15, 0.2) is 28.8 Å². The van der Waals surface area contributed by atoms with Crippen molar-refractivity contribution in [1.82, 2.24) is 10.1 Å². The standard InChI is InChI=1S/C14H17N3O2/c15-14(7-1-2-8-14)9-12-16-13(17-19-12)10-3-5-11(18)6-4-10/h3-6,18H,1-2,7-9,15H2. The van der Waals surface area contributed by atoms with E-state index >= 15 is 0 Å². The van der Waals surface area contributed by atoms with Gasteiger partial charge in [0, 0.05) is 17.5 Å². The molecule has 1 saturated carbocycles. The number of aromatic nitrogens is 2. The first-order chi connectivity index (χ1) is 9.15. The highest BCUT2D eigenvalue weighted by molar-refractivity contribution is 5.55. The molecule has 0 spiro atoms. The second kappa shape index (κ2) is 4.66. The van der Waals surface area contributed by atoms with Crippen LogP contribution in [0, 0.1) is 0 Å². The summed E-state index contributed by atoms with van der Waals surface area (Å²) in [7, 11) is 0. The van der Waals surface area contributed by atoms with Gasteiger partial charge < -0.3 is 15.4 Å². The van der Waals surface area contributed by atoms with Crippen LogP contribution in [0.3, 0.4) is 0 Å². The summed E-state index contributed by atoms with van der Waals surface area (Å²) in [5.41, 5.74) is 6.94. The van der Waals surface area contributed by atoms with E-state index in [-0.39, 0.29) is 11.3 Å². The Labute approximate surface area is 111 Å². The van der Waals surface area contributed by atoms with Crippen LogP contribution < -0.4 is 5.73 Å². The summed E-state index contributed by atoms with van der Waals surface area (Å²) in [6.45, 7) is 0. The summed E-state index contributed by atoms with van der Waals surface area (Å²) in [6, 6.07) is 6.73. The Bertz CT molecular complexity index is 556. The number of rotatable bonds is 3. The molecule has 2 aromatic rings. The molecule has 3 rings (SSSR count). The van der Waals surface area contributed by atoms with E-state index in [1.165, 1.54) is 12.8 Å². The number of phenols is 1. The van der Waals surface area contributed by atoms with Gasteiger partial charge in [0.1, 0.15) is 5.75 Å². The normalized spacial score (nSPS) is 17.7. The molecule has 1 fully saturated rings. The van der Waals surface area contributed by atoms with Gasteiger partial charge in [0.15, 0.2) is 0 Å². The summed E-state index contributed by atoms with van der Waals surface area (Å²) in [5.74, 6) is 1.35. The molecule has 5 nitrogen and oxygen atoms in total.